The number of unbranched alkanes of at least 4 members (excludes halogenated alkanes) is 3. The highest BCUT2D eigenvalue weighted by molar-refractivity contribution is 4.93. The van der Waals surface area contributed by atoms with Crippen molar-refractivity contribution in [1.29, 1.82) is 0 Å². The molecule has 0 bridgehead atoms. The maximum absolute atomic E-state index is 4.22. The van der Waals surface area contributed by atoms with Gasteiger partial charge in [0.25, 0.3) is 0 Å². The van der Waals surface area contributed by atoms with Crippen LogP contribution in [0.15, 0.2) is 24.6 Å². The predicted octanol–water partition coefficient (Wildman–Crippen LogP) is 2.81. The van der Waals surface area contributed by atoms with Gasteiger partial charge < -0.3 is 30.2 Å². The predicted molar refractivity (Wildman–Crippen MR) is 139 cm³/mol. The fraction of sp³-hybridized carbons (Fsp3) is 0.846. The van der Waals surface area contributed by atoms with Gasteiger partial charge in [0.1, 0.15) is 0 Å². The zero-order valence-electron chi connectivity index (χ0n) is 21.3. The molecule has 2 fully saturated rings. The van der Waals surface area contributed by atoms with Crippen LogP contribution in [0.4, 0.5) is 0 Å². The highest BCUT2D eigenvalue weighted by atomic mass is 15.3. The van der Waals surface area contributed by atoms with E-state index in [0.29, 0.717) is 0 Å². The largest absolute Gasteiger partial charge is 0.389 e. The van der Waals surface area contributed by atoms with Gasteiger partial charge in [0.15, 0.2) is 0 Å². The lowest BCUT2D eigenvalue weighted by Crippen LogP contribution is -2.46. The van der Waals surface area contributed by atoms with Crippen LogP contribution >= 0.6 is 0 Å². The molecule has 0 aromatic heterocycles. The van der Waals surface area contributed by atoms with E-state index < -0.39 is 0 Å². The molecule has 2 saturated heterocycles. The van der Waals surface area contributed by atoms with Crippen LogP contribution in [0.2, 0.25) is 0 Å². The highest BCUT2D eigenvalue weighted by Crippen LogP contribution is 2.06. The molecule has 0 saturated carbocycles. The lowest BCUT2D eigenvalue weighted by Gasteiger charge is -2.34. The Kier molecular flexibility index (Phi) is 14.0. The zero-order chi connectivity index (χ0) is 23.0. The molecule has 0 aromatic rings. The summed E-state index contributed by atoms with van der Waals surface area (Å²) in [6.07, 6.45) is 7.20. The summed E-state index contributed by atoms with van der Waals surface area (Å²) in [6.45, 7) is 29.4. The molecule has 32 heavy (non-hydrogen) atoms. The van der Waals surface area contributed by atoms with Crippen LogP contribution < -0.4 is 10.6 Å². The Morgan fingerprint density at radius 1 is 0.562 bits per heavy atom. The lowest BCUT2D eigenvalue weighted by molar-refractivity contribution is 0.138. The molecular formula is C26H52N6. The fourth-order valence-electron chi connectivity index (χ4n) is 4.56. The maximum Gasteiger partial charge on any atom is 0.0143 e. The normalized spacial score (nSPS) is 19.2. The summed E-state index contributed by atoms with van der Waals surface area (Å²) in [5, 5.41) is 7.07. The smallest absolute Gasteiger partial charge is 0.0143 e. The molecule has 2 rings (SSSR count). The Bertz CT molecular complexity index is 460. The second kappa shape index (κ2) is 16.5. The highest BCUT2D eigenvalue weighted by Gasteiger charge is 2.15. The van der Waals surface area contributed by atoms with E-state index in [2.05, 4.69) is 57.2 Å². The van der Waals surface area contributed by atoms with Crippen molar-refractivity contribution in [2.45, 2.75) is 52.4 Å². The van der Waals surface area contributed by atoms with Gasteiger partial charge >= 0.3 is 0 Å². The van der Waals surface area contributed by atoms with E-state index in [0.717, 1.165) is 39.0 Å². The number of hydrogen-bond donors (Lipinski definition) is 2. The third-order valence-electron chi connectivity index (χ3n) is 7.14. The molecule has 0 spiro atoms. The average molecular weight is 449 g/mol. The molecule has 0 radical (unpaired) electrons. The number of nitrogens with zero attached hydrogens (tertiary/aromatic N) is 4. The van der Waals surface area contributed by atoms with Gasteiger partial charge in [-0.2, -0.15) is 0 Å². The van der Waals surface area contributed by atoms with Crippen molar-refractivity contribution in [1.82, 2.24) is 30.2 Å². The summed E-state index contributed by atoms with van der Waals surface area (Å²) in [4.78, 5) is 10.2. The van der Waals surface area contributed by atoms with Crippen LogP contribution in [0.25, 0.3) is 0 Å². The van der Waals surface area contributed by atoms with Crippen molar-refractivity contribution in [3.63, 3.8) is 0 Å². The summed E-state index contributed by atoms with van der Waals surface area (Å²) in [5.74, 6) is 0. The molecule has 6 nitrogen and oxygen atoms in total. The van der Waals surface area contributed by atoms with Gasteiger partial charge in [0, 0.05) is 89.9 Å². The minimum atomic E-state index is 1.06. The Morgan fingerprint density at radius 2 is 0.906 bits per heavy atom. The van der Waals surface area contributed by atoms with Gasteiger partial charge in [-0.3, -0.25) is 0 Å². The summed E-state index contributed by atoms with van der Waals surface area (Å²) < 4.78 is 0. The Hall–Kier alpha value is -1.08. The zero-order valence-corrected chi connectivity index (χ0v) is 21.3. The van der Waals surface area contributed by atoms with Gasteiger partial charge in [-0.15, -0.1) is 0 Å². The van der Waals surface area contributed by atoms with Crippen molar-refractivity contribution < 1.29 is 0 Å². The molecule has 0 aliphatic carbocycles. The molecule has 2 aliphatic rings. The van der Waals surface area contributed by atoms with Gasteiger partial charge in [0.2, 0.25) is 0 Å². The summed E-state index contributed by atoms with van der Waals surface area (Å²) in [7, 11) is 0. The minimum absolute atomic E-state index is 1.06. The molecule has 6 heteroatoms. The topological polar surface area (TPSA) is 37.0 Å². The monoisotopic (exact) mass is 448 g/mol. The molecule has 2 N–H and O–H groups in total. The Morgan fingerprint density at radius 3 is 1.25 bits per heavy atom. The minimum Gasteiger partial charge on any atom is -0.389 e. The lowest BCUT2D eigenvalue weighted by atomic mass is 10.2. The molecule has 0 unspecified atom stereocenters. The van der Waals surface area contributed by atoms with Gasteiger partial charge in [-0.05, 0) is 38.8 Å². The summed E-state index contributed by atoms with van der Waals surface area (Å²) in [5.41, 5.74) is 2.41. The first kappa shape index (κ1) is 27.2. The molecule has 2 aliphatic heterocycles. The number of hydrogen-bond acceptors (Lipinski definition) is 6. The Labute approximate surface area is 199 Å². The summed E-state index contributed by atoms with van der Waals surface area (Å²) in [6, 6.07) is 0. The van der Waals surface area contributed by atoms with Crippen molar-refractivity contribution in [2.75, 3.05) is 91.6 Å². The molecular weight excluding hydrogens is 396 g/mol. The van der Waals surface area contributed by atoms with E-state index >= 15 is 0 Å². The maximum atomic E-state index is 4.22. The number of rotatable bonds is 17. The van der Waals surface area contributed by atoms with Gasteiger partial charge in [-0.25, -0.2) is 0 Å². The second-order valence-electron chi connectivity index (χ2n) is 9.53. The molecule has 0 amide bonds. The van der Waals surface area contributed by atoms with E-state index in [9.17, 15) is 0 Å². The quantitative estimate of drug-likeness (QED) is 0.333. The van der Waals surface area contributed by atoms with Crippen LogP contribution in [0.5, 0.6) is 0 Å². The third kappa shape index (κ3) is 11.7. The van der Waals surface area contributed by atoms with Crippen LogP contribution in [0.3, 0.4) is 0 Å². The first-order chi connectivity index (χ1) is 15.6. The van der Waals surface area contributed by atoms with Crippen LogP contribution in [0.1, 0.15) is 52.4 Å². The van der Waals surface area contributed by atoms with Crippen molar-refractivity contribution in [3.05, 3.63) is 24.6 Å². The van der Waals surface area contributed by atoms with Crippen molar-refractivity contribution >= 4 is 0 Å². The van der Waals surface area contributed by atoms with E-state index in [1.807, 2.05) is 0 Å². The number of nitrogens with one attached hydrogen (secondary N) is 2. The number of likely N-dealkylation sites (N-methyl/N-ethyl adjacent to an activating group) is 2. The fourth-order valence-corrected chi connectivity index (χ4v) is 4.56. The SMILES string of the molecule is C=C(CCN1CCN(CC)CC1)NCCCCCCNC(=C)CCN1CCN(CC)CC1. The molecule has 186 valence electrons. The van der Waals surface area contributed by atoms with Crippen LogP contribution in [-0.4, -0.2) is 111 Å². The number of piperazine rings is 2. The standard InChI is InChI=1S/C26H52N6/c1-5-29-17-21-31(22-18-29)15-11-25(3)27-13-9-7-8-10-14-28-26(4)12-16-32-23-19-30(6-2)20-24-32/h27-28H,3-24H2,1-2H3. The van der Waals surface area contributed by atoms with E-state index in [-0.39, 0.29) is 0 Å². The van der Waals surface area contributed by atoms with E-state index in [1.54, 1.807) is 0 Å². The third-order valence-corrected chi connectivity index (χ3v) is 7.14. The van der Waals surface area contributed by atoms with Crippen molar-refractivity contribution in [3.8, 4) is 0 Å². The van der Waals surface area contributed by atoms with Crippen LogP contribution in [-0.2, 0) is 0 Å². The molecule has 2 heterocycles. The van der Waals surface area contributed by atoms with E-state index in [4.69, 9.17) is 0 Å². The average Bonchev–Trinajstić information content (AvgIpc) is 2.83. The van der Waals surface area contributed by atoms with Crippen molar-refractivity contribution in [2.24, 2.45) is 0 Å². The Balaban J connectivity index is 1.34. The first-order valence-corrected chi connectivity index (χ1v) is 13.3. The second-order valence-corrected chi connectivity index (χ2v) is 9.53. The molecule has 0 atom stereocenters. The molecule has 0 aromatic carbocycles. The summed E-state index contributed by atoms with van der Waals surface area (Å²) >= 11 is 0. The van der Waals surface area contributed by atoms with Crippen LogP contribution in [0, 0.1) is 0 Å². The van der Waals surface area contributed by atoms with Gasteiger partial charge in [-0.1, -0.05) is 39.8 Å². The van der Waals surface area contributed by atoms with E-state index in [1.165, 1.54) is 103 Å². The van der Waals surface area contributed by atoms with Gasteiger partial charge in [0.05, 0.1) is 0 Å². The first-order valence-electron chi connectivity index (χ1n) is 13.3.